The quantitative estimate of drug-likeness (QED) is 0.318. The molecule has 3 aromatic rings. The Kier molecular flexibility index (Phi) is 9.46. The molecule has 0 aromatic carbocycles. The maximum absolute atomic E-state index is 13.5. The first-order valence-electron chi connectivity index (χ1n) is 13.6. The van der Waals surface area contributed by atoms with Crippen LogP contribution in [-0.2, 0) is 10.9 Å². The monoisotopic (exact) mass is 625 g/mol. The zero-order valence-electron chi connectivity index (χ0n) is 23.3. The Balaban J connectivity index is 1.27. The highest BCUT2D eigenvalue weighted by Crippen LogP contribution is 2.36. The van der Waals surface area contributed by atoms with Crippen molar-refractivity contribution < 1.29 is 41.0 Å². The fourth-order valence-corrected chi connectivity index (χ4v) is 4.68. The van der Waals surface area contributed by atoms with Crippen LogP contribution in [0.25, 0.3) is 11.3 Å². The lowest BCUT2D eigenvalue weighted by Crippen LogP contribution is -2.50. The van der Waals surface area contributed by atoms with Crippen molar-refractivity contribution in [3.05, 3.63) is 36.5 Å². The number of hydrogen-bond acceptors (Lipinski definition) is 11. The summed E-state index contributed by atoms with van der Waals surface area (Å²) in [5.74, 6) is -0.464. The first kappa shape index (κ1) is 31.0. The second-order valence-electron chi connectivity index (χ2n) is 10.0. The summed E-state index contributed by atoms with van der Waals surface area (Å²) < 4.78 is 81.5. The van der Waals surface area contributed by atoms with E-state index in [0.29, 0.717) is 43.1 Å². The van der Waals surface area contributed by atoms with Crippen LogP contribution >= 0.6 is 0 Å². The lowest BCUT2D eigenvalue weighted by atomic mass is 9.90. The number of urea groups is 1. The van der Waals surface area contributed by atoms with Crippen LogP contribution in [-0.4, -0.2) is 87.4 Å². The zero-order chi connectivity index (χ0) is 31.3. The van der Waals surface area contributed by atoms with Gasteiger partial charge in [0.2, 0.25) is 11.8 Å². The van der Waals surface area contributed by atoms with E-state index in [-0.39, 0.29) is 37.0 Å². The number of aromatic nitrogens is 6. The number of nitrogens with one attached hydrogen (secondary N) is 2. The van der Waals surface area contributed by atoms with E-state index in [0.717, 1.165) is 0 Å². The molecule has 13 nitrogen and oxygen atoms in total. The maximum atomic E-state index is 13.5. The lowest BCUT2D eigenvalue weighted by molar-refractivity contribution is -0.142. The van der Waals surface area contributed by atoms with Crippen LogP contribution in [0.4, 0.5) is 38.5 Å². The lowest BCUT2D eigenvalue weighted by Gasteiger charge is -2.36. The number of ether oxygens (including phenoxy) is 3. The Morgan fingerprint density at radius 2 is 1.75 bits per heavy atom. The van der Waals surface area contributed by atoms with Gasteiger partial charge in [-0.3, -0.25) is 9.88 Å². The molecular formula is C26H28F5N9O4. The van der Waals surface area contributed by atoms with Crippen molar-refractivity contribution in [3.8, 4) is 23.1 Å². The Morgan fingerprint density at radius 3 is 2.32 bits per heavy atom. The van der Waals surface area contributed by atoms with Crippen molar-refractivity contribution in [1.29, 1.82) is 0 Å². The molecule has 4 heterocycles. The zero-order valence-corrected chi connectivity index (χ0v) is 23.3. The van der Waals surface area contributed by atoms with E-state index in [2.05, 4.69) is 40.5 Å². The minimum atomic E-state index is -4.70. The normalized spacial score (nSPS) is 18.8. The van der Waals surface area contributed by atoms with Gasteiger partial charge in [-0.05, 0) is 25.7 Å². The van der Waals surface area contributed by atoms with Gasteiger partial charge in [-0.25, -0.2) is 33.5 Å². The fourth-order valence-electron chi connectivity index (χ4n) is 4.68. The Hall–Kier alpha value is -4.48. The standard InChI is InChI=1S/C26H28F5N9O4/c1-42-24-35-6-14(7-36-24)19-9-33-21(11-32-19)40(25(41)37-10-20(27)28)16-4-2-15(3-5-16)38-23-34-8-18(26(29,30)31)22(39-23)44-17-12-43-13-17/h6-9,11,15-17,20H,2-5,10,12-13H2,1H3,(H,37,41)(H,34,38,39). The van der Waals surface area contributed by atoms with Gasteiger partial charge in [0.05, 0.1) is 45.0 Å². The number of halogens is 5. The third kappa shape index (κ3) is 7.53. The van der Waals surface area contributed by atoms with Crippen molar-refractivity contribution in [2.45, 2.75) is 56.5 Å². The van der Waals surface area contributed by atoms with E-state index < -0.39 is 48.8 Å². The van der Waals surface area contributed by atoms with Gasteiger partial charge in [-0.1, -0.05) is 0 Å². The highest BCUT2D eigenvalue weighted by atomic mass is 19.4. The van der Waals surface area contributed by atoms with Crippen LogP contribution in [0.1, 0.15) is 31.2 Å². The molecule has 18 heteroatoms. The first-order valence-corrected chi connectivity index (χ1v) is 13.6. The van der Waals surface area contributed by atoms with Gasteiger partial charge < -0.3 is 24.8 Å². The van der Waals surface area contributed by atoms with Gasteiger partial charge in [-0.15, -0.1) is 0 Å². The van der Waals surface area contributed by atoms with Crippen molar-refractivity contribution in [1.82, 2.24) is 35.2 Å². The second kappa shape index (κ2) is 13.4. The molecule has 2 fully saturated rings. The summed E-state index contributed by atoms with van der Waals surface area (Å²) in [6.45, 7) is -0.513. The summed E-state index contributed by atoms with van der Waals surface area (Å²) in [5, 5.41) is 5.27. The number of nitrogens with zero attached hydrogens (tertiary/aromatic N) is 7. The molecular weight excluding hydrogens is 597 g/mol. The topological polar surface area (TPSA) is 149 Å². The molecule has 1 aliphatic heterocycles. The molecule has 3 aromatic heterocycles. The van der Waals surface area contributed by atoms with Crippen molar-refractivity contribution in [2.75, 3.05) is 37.1 Å². The summed E-state index contributed by atoms with van der Waals surface area (Å²) in [4.78, 5) is 38.9. The van der Waals surface area contributed by atoms with Gasteiger partial charge in [0.15, 0.2) is 5.82 Å². The smallest absolute Gasteiger partial charge is 0.423 e. The number of alkyl halides is 5. The highest BCUT2D eigenvalue weighted by molar-refractivity contribution is 5.91. The average Bonchev–Trinajstić information content (AvgIpc) is 2.99. The van der Waals surface area contributed by atoms with Gasteiger partial charge >= 0.3 is 18.2 Å². The Morgan fingerprint density at radius 1 is 1.02 bits per heavy atom. The number of carbonyl (C=O) groups is 1. The first-order chi connectivity index (χ1) is 21.1. The minimum absolute atomic E-state index is 0.0350. The molecule has 2 aliphatic rings. The molecule has 2 N–H and O–H groups in total. The molecule has 44 heavy (non-hydrogen) atoms. The largest absolute Gasteiger partial charge is 0.469 e. The van der Waals surface area contributed by atoms with Gasteiger partial charge in [-0.2, -0.15) is 18.2 Å². The maximum Gasteiger partial charge on any atom is 0.423 e. The molecule has 0 unspecified atom stereocenters. The number of carbonyl (C=O) groups excluding carboxylic acids is 1. The van der Waals surface area contributed by atoms with Crippen LogP contribution in [0.5, 0.6) is 11.9 Å². The molecule has 1 saturated heterocycles. The highest BCUT2D eigenvalue weighted by Gasteiger charge is 2.38. The number of rotatable bonds is 10. The van der Waals surface area contributed by atoms with E-state index in [1.165, 1.54) is 36.8 Å². The van der Waals surface area contributed by atoms with Crippen molar-refractivity contribution in [2.24, 2.45) is 0 Å². The van der Waals surface area contributed by atoms with Crippen LogP contribution in [0.15, 0.2) is 31.0 Å². The molecule has 236 valence electrons. The molecule has 2 amide bonds. The minimum Gasteiger partial charge on any atom is -0.469 e. The molecule has 1 aliphatic carbocycles. The molecule has 0 radical (unpaired) electrons. The molecule has 5 rings (SSSR count). The van der Waals surface area contributed by atoms with Gasteiger partial charge in [0.1, 0.15) is 11.7 Å². The predicted octanol–water partition coefficient (Wildman–Crippen LogP) is 3.73. The van der Waals surface area contributed by atoms with E-state index in [1.54, 1.807) is 0 Å². The SMILES string of the molecule is COc1ncc(-c2cnc(N(C(=O)NCC(F)F)C3CCC(Nc4ncc(C(F)(F)F)c(OC5COC5)n4)CC3)cn2)cn1. The third-order valence-corrected chi connectivity index (χ3v) is 6.96. The molecule has 0 atom stereocenters. The number of anilines is 2. The van der Waals surface area contributed by atoms with Crippen LogP contribution in [0, 0.1) is 0 Å². The number of hydrogen-bond donors (Lipinski definition) is 2. The summed E-state index contributed by atoms with van der Waals surface area (Å²) in [7, 11) is 1.43. The molecule has 1 saturated carbocycles. The summed E-state index contributed by atoms with van der Waals surface area (Å²) in [5.41, 5.74) is -0.122. The van der Waals surface area contributed by atoms with E-state index >= 15 is 0 Å². The predicted molar refractivity (Wildman–Crippen MR) is 143 cm³/mol. The molecule has 0 bridgehead atoms. The second-order valence-corrected chi connectivity index (χ2v) is 10.0. The van der Waals surface area contributed by atoms with E-state index in [9.17, 15) is 26.7 Å². The van der Waals surface area contributed by atoms with Gasteiger partial charge in [0, 0.05) is 36.2 Å². The van der Waals surface area contributed by atoms with Gasteiger partial charge in [0.25, 0.3) is 6.43 Å². The Labute approximate surface area is 247 Å². The average molecular weight is 626 g/mol. The van der Waals surface area contributed by atoms with E-state index in [4.69, 9.17) is 14.2 Å². The fraction of sp³-hybridized carbons (Fsp3) is 0.500. The van der Waals surface area contributed by atoms with Crippen LogP contribution in [0.3, 0.4) is 0 Å². The van der Waals surface area contributed by atoms with Crippen molar-refractivity contribution in [3.63, 3.8) is 0 Å². The number of amides is 2. The third-order valence-electron chi connectivity index (χ3n) is 6.96. The van der Waals surface area contributed by atoms with Crippen molar-refractivity contribution >= 4 is 17.8 Å². The van der Waals surface area contributed by atoms with Crippen LogP contribution < -0.4 is 25.0 Å². The van der Waals surface area contributed by atoms with Crippen LogP contribution in [0.2, 0.25) is 0 Å². The number of methoxy groups -OCH3 is 1. The molecule has 0 spiro atoms. The summed E-state index contributed by atoms with van der Waals surface area (Å²) in [6.07, 6.45) is 0.218. The summed E-state index contributed by atoms with van der Waals surface area (Å²) in [6, 6.07) is -1.25. The Bertz CT molecular complexity index is 1400. The van der Waals surface area contributed by atoms with E-state index in [1.807, 2.05) is 0 Å². The summed E-state index contributed by atoms with van der Waals surface area (Å²) >= 11 is 0.